The van der Waals surface area contributed by atoms with E-state index in [0.717, 1.165) is 32.4 Å². The summed E-state index contributed by atoms with van der Waals surface area (Å²) in [7, 11) is 0. The Morgan fingerprint density at radius 3 is 2.54 bits per heavy atom. The third-order valence-electron chi connectivity index (χ3n) is 6.12. The van der Waals surface area contributed by atoms with Gasteiger partial charge in [-0.2, -0.15) is 9.83 Å². The van der Waals surface area contributed by atoms with Crippen molar-refractivity contribution in [2.24, 2.45) is 5.41 Å². The molecule has 0 aliphatic rings. The van der Waals surface area contributed by atoms with Crippen LogP contribution in [0, 0.1) is 16.4 Å². The highest BCUT2D eigenvalue weighted by Crippen LogP contribution is 2.42. The molecule has 3 heterocycles. The molecule has 0 bridgehead atoms. The number of nitrogens with zero attached hydrogens (tertiary/aromatic N) is 4. The number of fused-ring (bicyclic) bond motifs is 1. The molecule has 0 aliphatic carbocycles. The van der Waals surface area contributed by atoms with Crippen LogP contribution in [0.15, 0.2) is 84.8 Å². The summed E-state index contributed by atoms with van der Waals surface area (Å²) in [6.07, 6.45) is 6.25. The van der Waals surface area contributed by atoms with Crippen molar-refractivity contribution in [1.29, 1.82) is 0 Å². The van der Waals surface area contributed by atoms with Gasteiger partial charge in [0.2, 0.25) is 5.91 Å². The standard InChI is InChI=1S/C26H22FN5O2S/c1-26(2,24(33)30-25-28-11-14-35-25)23(17-9-12-31(34)13-10-17)18-3-8-22-19(15-18)16-29-32(22)21-6-4-20(27)5-7-21/h3-16,23H,1-2H3,(H,28,30,33). The number of pyridine rings is 1. The number of rotatable bonds is 6. The lowest BCUT2D eigenvalue weighted by Crippen LogP contribution is -2.37. The van der Waals surface area contributed by atoms with Gasteiger partial charge in [0.05, 0.1) is 22.8 Å². The lowest BCUT2D eigenvalue weighted by atomic mass is 9.70. The number of benzene rings is 2. The quantitative estimate of drug-likeness (QED) is 0.268. The van der Waals surface area contributed by atoms with Crippen molar-refractivity contribution < 1.29 is 13.9 Å². The average molecular weight is 488 g/mol. The van der Waals surface area contributed by atoms with Crippen LogP contribution in [0.3, 0.4) is 0 Å². The topological polar surface area (TPSA) is 86.8 Å². The van der Waals surface area contributed by atoms with E-state index in [1.54, 1.807) is 46.7 Å². The number of hydrogen-bond acceptors (Lipinski definition) is 5. The van der Waals surface area contributed by atoms with Crippen LogP contribution in [0.5, 0.6) is 0 Å². The Labute approximate surface area is 205 Å². The predicted molar refractivity (Wildman–Crippen MR) is 133 cm³/mol. The van der Waals surface area contributed by atoms with E-state index in [9.17, 15) is 14.4 Å². The van der Waals surface area contributed by atoms with Crippen molar-refractivity contribution in [3.63, 3.8) is 0 Å². The first-order valence-electron chi connectivity index (χ1n) is 11.0. The van der Waals surface area contributed by atoms with Gasteiger partial charge in [-0.05, 0) is 47.5 Å². The van der Waals surface area contributed by atoms with E-state index in [-0.39, 0.29) is 17.6 Å². The Morgan fingerprint density at radius 2 is 1.86 bits per heavy atom. The van der Waals surface area contributed by atoms with Gasteiger partial charge in [0.25, 0.3) is 0 Å². The van der Waals surface area contributed by atoms with Crippen LogP contribution in [0.2, 0.25) is 0 Å². The smallest absolute Gasteiger partial charge is 0.232 e. The number of nitrogens with one attached hydrogen (secondary N) is 1. The molecule has 2 aromatic carbocycles. The highest BCUT2D eigenvalue weighted by molar-refractivity contribution is 7.13. The second-order valence-electron chi connectivity index (χ2n) is 8.79. The fourth-order valence-electron chi connectivity index (χ4n) is 4.34. The van der Waals surface area contributed by atoms with Crippen LogP contribution in [-0.4, -0.2) is 20.7 Å². The number of carbonyl (C=O) groups is 1. The zero-order valence-corrected chi connectivity index (χ0v) is 19.9. The Hall–Kier alpha value is -4.11. The highest BCUT2D eigenvalue weighted by Gasteiger charge is 2.39. The first-order chi connectivity index (χ1) is 16.8. The molecule has 0 fully saturated rings. The highest BCUT2D eigenvalue weighted by atomic mass is 32.1. The van der Waals surface area contributed by atoms with Gasteiger partial charge in [-0.15, -0.1) is 11.3 Å². The minimum atomic E-state index is -0.888. The van der Waals surface area contributed by atoms with E-state index < -0.39 is 5.41 Å². The zero-order chi connectivity index (χ0) is 24.6. The molecule has 0 saturated heterocycles. The first-order valence-corrected chi connectivity index (χ1v) is 11.8. The van der Waals surface area contributed by atoms with Crippen molar-refractivity contribution in [2.45, 2.75) is 19.8 Å². The molecule has 0 saturated carbocycles. The number of carbonyl (C=O) groups excluding carboxylic acids is 1. The van der Waals surface area contributed by atoms with Gasteiger partial charge in [-0.1, -0.05) is 19.9 Å². The van der Waals surface area contributed by atoms with E-state index >= 15 is 0 Å². The molecule has 1 amide bonds. The van der Waals surface area contributed by atoms with Gasteiger partial charge in [0.1, 0.15) is 5.82 Å². The van der Waals surface area contributed by atoms with Gasteiger partial charge in [-0.3, -0.25) is 4.79 Å². The lowest BCUT2D eigenvalue weighted by molar-refractivity contribution is -0.605. The second-order valence-corrected chi connectivity index (χ2v) is 9.68. The molecule has 1 atom stereocenters. The van der Waals surface area contributed by atoms with E-state index in [1.807, 2.05) is 32.0 Å². The monoisotopic (exact) mass is 487 g/mol. The zero-order valence-electron chi connectivity index (χ0n) is 19.1. The molecule has 3 aromatic heterocycles. The number of hydrogen-bond donors (Lipinski definition) is 1. The molecule has 1 unspecified atom stereocenters. The van der Waals surface area contributed by atoms with Crippen molar-refractivity contribution in [3.05, 3.63) is 107 Å². The minimum absolute atomic E-state index is 0.182. The molecule has 1 N–H and O–H groups in total. The van der Waals surface area contributed by atoms with Crippen LogP contribution in [0.25, 0.3) is 16.6 Å². The number of aromatic nitrogens is 4. The maximum absolute atomic E-state index is 13.4. The van der Waals surface area contributed by atoms with Crippen LogP contribution in [0.4, 0.5) is 9.52 Å². The van der Waals surface area contributed by atoms with Crippen molar-refractivity contribution in [2.75, 3.05) is 5.32 Å². The van der Waals surface area contributed by atoms with E-state index in [4.69, 9.17) is 0 Å². The number of amides is 1. The number of anilines is 1. The van der Waals surface area contributed by atoms with Crippen molar-refractivity contribution in [1.82, 2.24) is 14.8 Å². The van der Waals surface area contributed by atoms with E-state index in [2.05, 4.69) is 15.4 Å². The summed E-state index contributed by atoms with van der Waals surface area (Å²) in [6.45, 7) is 3.76. The van der Waals surface area contributed by atoms with Gasteiger partial charge in [0, 0.05) is 35.0 Å². The molecule has 35 heavy (non-hydrogen) atoms. The minimum Gasteiger partial charge on any atom is -0.619 e. The maximum atomic E-state index is 13.4. The molecule has 5 rings (SSSR count). The SMILES string of the molecule is CC(C)(C(=O)Nc1nccs1)C(c1cc[n+]([O-])cc1)c1ccc2c(cnn2-c2ccc(F)cc2)c1. The van der Waals surface area contributed by atoms with Crippen molar-refractivity contribution in [3.8, 4) is 5.69 Å². The molecule has 0 radical (unpaired) electrons. The lowest BCUT2D eigenvalue weighted by Gasteiger charge is -2.33. The van der Waals surface area contributed by atoms with Crippen LogP contribution < -0.4 is 10.0 Å². The summed E-state index contributed by atoms with van der Waals surface area (Å²) in [4.78, 5) is 17.6. The fraction of sp³-hybridized carbons (Fsp3) is 0.154. The largest absolute Gasteiger partial charge is 0.619 e. The molecule has 9 heteroatoms. The Kier molecular flexibility index (Phi) is 5.78. The Morgan fingerprint density at radius 1 is 1.11 bits per heavy atom. The number of thiazole rings is 1. The molecule has 176 valence electrons. The molecular formula is C26H22FN5O2S. The van der Waals surface area contributed by atoms with Crippen LogP contribution in [-0.2, 0) is 4.79 Å². The first kappa shape index (κ1) is 22.7. The molecule has 7 nitrogen and oxygen atoms in total. The third kappa shape index (κ3) is 4.38. The molecule has 5 aromatic rings. The Balaban J connectivity index is 1.58. The summed E-state index contributed by atoms with van der Waals surface area (Å²) in [5, 5.41) is 22.3. The van der Waals surface area contributed by atoms with E-state index in [1.165, 1.54) is 35.9 Å². The van der Waals surface area contributed by atoms with Gasteiger partial charge in [-0.25, -0.2) is 14.1 Å². The van der Waals surface area contributed by atoms with Gasteiger partial charge >= 0.3 is 0 Å². The maximum Gasteiger partial charge on any atom is 0.232 e. The predicted octanol–water partition coefficient (Wildman–Crippen LogP) is 5.05. The summed E-state index contributed by atoms with van der Waals surface area (Å²) in [5.74, 6) is -0.850. The van der Waals surface area contributed by atoms with E-state index in [0.29, 0.717) is 5.13 Å². The molecular weight excluding hydrogens is 465 g/mol. The summed E-state index contributed by atoms with van der Waals surface area (Å²) >= 11 is 1.35. The normalized spacial score (nSPS) is 12.5. The number of halogens is 1. The van der Waals surface area contributed by atoms with Gasteiger partial charge < -0.3 is 10.5 Å². The molecule has 0 aliphatic heterocycles. The summed E-state index contributed by atoms with van der Waals surface area (Å²) in [6, 6.07) is 15.5. The summed E-state index contributed by atoms with van der Waals surface area (Å²) < 4.78 is 15.8. The van der Waals surface area contributed by atoms with Crippen LogP contribution in [0.1, 0.15) is 30.9 Å². The third-order valence-corrected chi connectivity index (χ3v) is 6.81. The van der Waals surface area contributed by atoms with Crippen LogP contribution >= 0.6 is 11.3 Å². The fourth-order valence-corrected chi connectivity index (χ4v) is 4.86. The Bertz CT molecular complexity index is 1480. The van der Waals surface area contributed by atoms with Gasteiger partial charge in [0.15, 0.2) is 17.5 Å². The summed E-state index contributed by atoms with van der Waals surface area (Å²) in [5.41, 5.74) is 2.45. The second kappa shape index (κ2) is 8.92. The van der Waals surface area contributed by atoms with Crippen molar-refractivity contribution >= 4 is 33.3 Å². The average Bonchev–Trinajstić information content (AvgIpc) is 3.51. The molecule has 0 spiro atoms.